The summed E-state index contributed by atoms with van der Waals surface area (Å²) in [5, 5.41) is 8.59. The van der Waals surface area contributed by atoms with Crippen molar-refractivity contribution in [1.82, 2.24) is 14.6 Å². The van der Waals surface area contributed by atoms with Crippen molar-refractivity contribution >= 4 is 5.91 Å². The van der Waals surface area contributed by atoms with E-state index in [4.69, 9.17) is 9.94 Å². The predicted molar refractivity (Wildman–Crippen MR) is 83.9 cm³/mol. The van der Waals surface area contributed by atoms with E-state index in [9.17, 15) is 18.8 Å². The van der Waals surface area contributed by atoms with Crippen molar-refractivity contribution in [2.45, 2.75) is 25.6 Å². The van der Waals surface area contributed by atoms with Gasteiger partial charge in [-0.05, 0) is 30.5 Å². The fourth-order valence-electron chi connectivity index (χ4n) is 2.72. The predicted octanol–water partition coefficient (Wildman–Crippen LogP) is 0.625. The maximum atomic E-state index is 14.0. The SMILES string of the molecule is O=C(NO)c1ccc(Cn2c(=O)c(F)cn(C3CCCO3)c2=O)cc1. The zero-order valence-corrected chi connectivity index (χ0v) is 13.1. The Balaban J connectivity index is 1.95. The average Bonchev–Trinajstić information content (AvgIpc) is 3.16. The van der Waals surface area contributed by atoms with E-state index in [2.05, 4.69) is 0 Å². The lowest BCUT2D eigenvalue weighted by Gasteiger charge is -2.15. The average molecular weight is 349 g/mol. The van der Waals surface area contributed by atoms with E-state index in [1.807, 2.05) is 0 Å². The highest BCUT2D eigenvalue weighted by Gasteiger charge is 2.22. The van der Waals surface area contributed by atoms with E-state index in [-0.39, 0.29) is 12.1 Å². The molecular formula is C16H16FN3O5. The Morgan fingerprint density at radius 2 is 2.04 bits per heavy atom. The number of benzene rings is 1. The minimum absolute atomic E-state index is 0.150. The van der Waals surface area contributed by atoms with Crippen LogP contribution in [0.3, 0.4) is 0 Å². The monoisotopic (exact) mass is 349 g/mol. The summed E-state index contributed by atoms with van der Waals surface area (Å²) >= 11 is 0. The maximum Gasteiger partial charge on any atom is 0.333 e. The van der Waals surface area contributed by atoms with Gasteiger partial charge in [0.25, 0.3) is 11.5 Å². The molecule has 3 rings (SSSR count). The van der Waals surface area contributed by atoms with Crippen LogP contribution < -0.4 is 16.7 Å². The molecule has 1 aliphatic rings. The van der Waals surface area contributed by atoms with Gasteiger partial charge in [0.1, 0.15) is 6.23 Å². The van der Waals surface area contributed by atoms with E-state index in [1.165, 1.54) is 29.7 Å². The lowest BCUT2D eigenvalue weighted by Crippen LogP contribution is -2.42. The van der Waals surface area contributed by atoms with Gasteiger partial charge in [-0.3, -0.25) is 23.9 Å². The number of halogens is 1. The Morgan fingerprint density at radius 3 is 2.64 bits per heavy atom. The van der Waals surface area contributed by atoms with Gasteiger partial charge in [-0.2, -0.15) is 4.39 Å². The van der Waals surface area contributed by atoms with Crippen molar-refractivity contribution in [3.63, 3.8) is 0 Å². The first-order chi connectivity index (χ1) is 12.0. The second-order valence-electron chi connectivity index (χ2n) is 5.66. The van der Waals surface area contributed by atoms with E-state index in [0.29, 0.717) is 18.6 Å². The Labute approximate surface area is 141 Å². The van der Waals surface area contributed by atoms with Gasteiger partial charge in [0, 0.05) is 12.2 Å². The molecule has 0 saturated carbocycles. The summed E-state index contributed by atoms with van der Waals surface area (Å²) in [6, 6.07) is 5.86. The van der Waals surface area contributed by atoms with Crippen LogP contribution >= 0.6 is 0 Å². The second kappa shape index (κ2) is 6.99. The summed E-state index contributed by atoms with van der Waals surface area (Å²) in [6.07, 6.45) is 1.63. The molecule has 0 radical (unpaired) electrons. The van der Waals surface area contributed by atoms with Crippen molar-refractivity contribution in [2.75, 3.05) is 6.61 Å². The molecule has 0 aliphatic carbocycles. The van der Waals surface area contributed by atoms with Gasteiger partial charge in [0.15, 0.2) is 0 Å². The summed E-state index contributed by atoms with van der Waals surface area (Å²) in [7, 11) is 0. The molecule has 0 bridgehead atoms. The van der Waals surface area contributed by atoms with Crippen LogP contribution in [0.25, 0.3) is 0 Å². The van der Waals surface area contributed by atoms with Crippen LogP contribution in [0.2, 0.25) is 0 Å². The van der Waals surface area contributed by atoms with Crippen molar-refractivity contribution < 1.29 is 19.1 Å². The Hall–Kier alpha value is -2.78. The number of carbonyl (C=O) groups excluding carboxylic acids is 1. The molecular weight excluding hydrogens is 333 g/mol. The minimum Gasteiger partial charge on any atom is -0.358 e. The molecule has 1 aliphatic heterocycles. The molecule has 1 fully saturated rings. The van der Waals surface area contributed by atoms with Gasteiger partial charge in [-0.1, -0.05) is 12.1 Å². The van der Waals surface area contributed by atoms with Gasteiger partial charge in [0.05, 0.1) is 12.7 Å². The summed E-state index contributed by atoms with van der Waals surface area (Å²) in [5.74, 6) is -1.72. The van der Waals surface area contributed by atoms with Crippen LogP contribution in [0.15, 0.2) is 40.1 Å². The van der Waals surface area contributed by atoms with Gasteiger partial charge < -0.3 is 4.74 Å². The minimum atomic E-state index is -1.04. The van der Waals surface area contributed by atoms with E-state index in [0.717, 1.165) is 21.8 Å². The number of rotatable bonds is 4. The molecule has 1 saturated heterocycles. The van der Waals surface area contributed by atoms with Crippen LogP contribution in [-0.4, -0.2) is 26.9 Å². The molecule has 1 amide bonds. The number of aromatic nitrogens is 2. The molecule has 2 aromatic rings. The van der Waals surface area contributed by atoms with Gasteiger partial charge >= 0.3 is 5.69 Å². The van der Waals surface area contributed by atoms with Gasteiger partial charge in [-0.15, -0.1) is 0 Å². The normalized spacial score (nSPS) is 16.8. The highest BCUT2D eigenvalue weighted by atomic mass is 19.1. The van der Waals surface area contributed by atoms with Crippen LogP contribution in [0.5, 0.6) is 0 Å². The fraction of sp³-hybridized carbons (Fsp3) is 0.312. The fourth-order valence-corrected chi connectivity index (χ4v) is 2.72. The zero-order chi connectivity index (χ0) is 18.0. The number of hydroxylamine groups is 1. The van der Waals surface area contributed by atoms with Crippen LogP contribution in [0.1, 0.15) is 35.0 Å². The molecule has 2 heterocycles. The third-order valence-electron chi connectivity index (χ3n) is 4.03. The number of ether oxygens (including phenoxy) is 1. The Morgan fingerprint density at radius 1 is 1.32 bits per heavy atom. The molecule has 1 unspecified atom stereocenters. The number of hydrogen-bond acceptors (Lipinski definition) is 5. The van der Waals surface area contributed by atoms with Crippen molar-refractivity contribution in [2.24, 2.45) is 0 Å². The molecule has 1 aromatic carbocycles. The van der Waals surface area contributed by atoms with E-state index >= 15 is 0 Å². The van der Waals surface area contributed by atoms with Crippen molar-refractivity contribution in [3.8, 4) is 0 Å². The molecule has 132 valence electrons. The number of hydrogen-bond donors (Lipinski definition) is 2. The standard InChI is InChI=1S/C16H16FN3O5/c17-12-9-19(13-2-1-7-25-13)16(23)20(15(12)22)8-10-3-5-11(6-4-10)14(21)18-24/h3-6,9,13,24H,1-2,7-8H2,(H,18,21). The van der Waals surface area contributed by atoms with Crippen LogP contribution in [0, 0.1) is 5.82 Å². The van der Waals surface area contributed by atoms with Crippen molar-refractivity contribution in [1.29, 1.82) is 0 Å². The summed E-state index contributed by atoms with van der Waals surface area (Å²) in [5.41, 5.74) is 0.559. The summed E-state index contributed by atoms with van der Waals surface area (Å²) < 4.78 is 21.2. The topological polar surface area (TPSA) is 103 Å². The Kier molecular flexibility index (Phi) is 4.77. The highest BCUT2D eigenvalue weighted by Crippen LogP contribution is 2.20. The largest absolute Gasteiger partial charge is 0.358 e. The second-order valence-corrected chi connectivity index (χ2v) is 5.66. The first-order valence-corrected chi connectivity index (χ1v) is 7.67. The van der Waals surface area contributed by atoms with E-state index in [1.54, 1.807) is 0 Å². The molecule has 0 spiro atoms. The van der Waals surface area contributed by atoms with Gasteiger partial charge in [0.2, 0.25) is 5.82 Å². The van der Waals surface area contributed by atoms with Crippen LogP contribution in [-0.2, 0) is 11.3 Å². The molecule has 25 heavy (non-hydrogen) atoms. The lowest BCUT2D eigenvalue weighted by molar-refractivity contribution is 0.0504. The summed E-state index contributed by atoms with van der Waals surface area (Å²) in [4.78, 5) is 35.9. The number of carbonyl (C=O) groups is 1. The molecule has 2 N–H and O–H groups in total. The highest BCUT2D eigenvalue weighted by molar-refractivity contribution is 5.93. The van der Waals surface area contributed by atoms with Crippen LogP contribution in [0.4, 0.5) is 4.39 Å². The first-order valence-electron chi connectivity index (χ1n) is 7.67. The first kappa shape index (κ1) is 17.1. The van der Waals surface area contributed by atoms with Crippen molar-refractivity contribution in [3.05, 3.63) is 68.2 Å². The van der Waals surface area contributed by atoms with Gasteiger partial charge in [-0.25, -0.2) is 10.3 Å². The zero-order valence-electron chi connectivity index (χ0n) is 13.1. The number of amides is 1. The smallest absolute Gasteiger partial charge is 0.333 e. The maximum absolute atomic E-state index is 14.0. The lowest BCUT2D eigenvalue weighted by atomic mass is 10.1. The Bertz CT molecular complexity index is 897. The molecule has 1 atom stereocenters. The number of nitrogens with zero attached hydrogens (tertiary/aromatic N) is 2. The quantitative estimate of drug-likeness (QED) is 0.622. The summed E-state index contributed by atoms with van der Waals surface area (Å²) in [6.45, 7) is 0.329. The van der Waals surface area contributed by atoms with E-state index < -0.39 is 29.2 Å². The molecule has 8 nitrogen and oxygen atoms in total. The third kappa shape index (κ3) is 3.37. The third-order valence-corrected chi connectivity index (χ3v) is 4.03. The molecule has 1 aromatic heterocycles. The molecule has 9 heteroatoms. The number of nitrogens with one attached hydrogen (secondary N) is 1.